The standard InChI is InChI=1S/C64H89N15O14/c1-2-53(81)68-30-31-72-64(93)75-63(65)71-27-8-12-52(61(91)73-40-45-13-23-51(80)24-14-45)74-62(92)58(46-10-4-3-5-11-46)47-19-21-50(22-20-47)66-28-9-29-70-60(90)49-17-15-48(16-18-49)59(89)69-26-7-6-25-67-54(82)41-76-32-34-77(42-55(83)84)36-38-79(44-57(87)88)39-37-78(35-33-76)43-56(85)86/h3-5,10-11,13-24,52,58,66,80H,2,6-9,12,25-44H2,1H3,(H,67,82)(H,68,81)(H,69,89)(H,70,90)(H,73,91)(H,74,92)(H,83,84)(H,85,86)(H,87,88)(H4,65,71,72,75,93)/t52-,58-/m1/s1. The molecule has 1 fully saturated rings. The molecule has 1 aliphatic rings. The Balaban J connectivity index is 1.04. The molecule has 0 aliphatic carbocycles. The lowest BCUT2D eigenvalue weighted by molar-refractivity contribution is -0.140. The molecule has 0 radical (unpaired) electrons. The van der Waals surface area contributed by atoms with E-state index in [9.17, 15) is 68.4 Å². The minimum absolute atomic E-state index is 0.0102. The highest BCUT2D eigenvalue weighted by Crippen LogP contribution is 2.27. The van der Waals surface area contributed by atoms with Gasteiger partial charge in [-0.25, -0.2) is 4.79 Å². The van der Waals surface area contributed by atoms with Crippen LogP contribution in [0.5, 0.6) is 5.75 Å². The number of aromatic hydroxyl groups is 1. The summed E-state index contributed by atoms with van der Waals surface area (Å²) in [5.41, 5.74) is 9.53. The molecule has 93 heavy (non-hydrogen) atoms. The van der Waals surface area contributed by atoms with Crippen molar-refractivity contribution in [1.82, 2.24) is 62.1 Å². The number of carbonyl (C=O) groups is 10. The number of carbonyl (C=O) groups excluding carboxylic acids is 7. The van der Waals surface area contributed by atoms with Gasteiger partial charge in [-0.3, -0.25) is 62.8 Å². The van der Waals surface area contributed by atoms with E-state index in [0.717, 1.165) is 11.3 Å². The van der Waals surface area contributed by atoms with Gasteiger partial charge in [-0.05, 0) is 97.3 Å². The molecule has 0 bridgehead atoms. The van der Waals surface area contributed by atoms with Crippen molar-refractivity contribution in [2.75, 3.05) is 130 Å². The number of aliphatic carboxylic acids is 3. The number of urea groups is 1. The number of nitrogens with two attached hydrogens (primary N) is 1. The molecule has 4 aromatic rings. The Bertz CT molecular complexity index is 3050. The Kier molecular flexibility index (Phi) is 32.6. The van der Waals surface area contributed by atoms with Crippen LogP contribution >= 0.6 is 0 Å². The molecule has 8 amide bonds. The van der Waals surface area contributed by atoms with E-state index in [0.29, 0.717) is 93.6 Å². The maximum atomic E-state index is 14.4. The third kappa shape index (κ3) is 29.4. The van der Waals surface area contributed by atoms with Gasteiger partial charge in [0, 0.05) is 128 Å². The van der Waals surface area contributed by atoms with Crippen LogP contribution in [-0.4, -0.2) is 236 Å². The van der Waals surface area contributed by atoms with E-state index >= 15 is 0 Å². The summed E-state index contributed by atoms with van der Waals surface area (Å²) in [4.78, 5) is 136. The van der Waals surface area contributed by atoms with E-state index in [-0.39, 0.29) is 133 Å². The van der Waals surface area contributed by atoms with Gasteiger partial charge in [0.1, 0.15) is 11.8 Å². The SMILES string of the molecule is CCC(=O)NCCNC(=O)/N=C(/N)NCCC[C@@H](NC(=O)[C@H](c1ccccc1)c1ccc(NCCCNC(=O)c2ccc(C(=O)NCCCCNC(=O)CN3CCN(CC(=O)O)CCN(CC(=O)O)CCN(CC(=O)O)CC3)cc2)cc1)C(=O)NCc1ccc(O)cc1. The van der Waals surface area contributed by atoms with Crippen LogP contribution in [0, 0.1) is 0 Å². The molecule has 0 spiro atoms. The number of nitrogens with zero attached hydrogens (tertiary/aromatic N) is 5. The Labute approximate surface area is 540 Å². The fourth-order valence-corrected chi connectivity index (χ4v) is 9.82. The van der Waals surface area contributed by atoms with Crippen LogP contribution in [0.15, 0.2) is 108 Å². The number of unbranched alkanes of at least 4 members (excludes halogenated alkanes) is 1. The summed E-state index contributed by atoms with van der Waals surface area (Å²) in [7, 11) is 0. The average Bonchev–Trinajstić information content (AvgIpc) is 1.15. The molecule has 29 heteroatoms. The molecule has 1 saturated heterocycles. The first kappa shape index (κ1) is 74.0. The zero-order valence-electron chi connectivity index (χ0n) is 52.5. The van der Waals surface area contributed by atoms with Crippen molar-refractivity contribution in [3.8, 4) is 5.75 Å². The molecule has 29 nitrogen and oxygen atoms in total. The lowest BCUT2D eigenvalue weighted by Gasteiger charge is -2.32. The monoisotopic (exact) mass is 1290 g/mol. The fraction of sp³-hybridized carbons (Fsp3) is 0.453. The number of amides is 8. The maximum Gasteiger partial charge on any atom is 0.344 e. The quantitative estimate of drug-likeness (QED) is 0.0170. The van der Waals surface area contributed by atoms with E-state index in [2.05, 4.69) is 52.8 Å². The van der Waals surface area contributed by atoms with Crippen molar-refractivity contribution in [3.05, 3.63) is 131 Å². The Morgan fingerprint density at radius 3 is 1.48 bits per heavy atom. The van der Waals surface area contributed by atoms with Gasteiger partial charge < -0.3 is 74.0 Å². The molecule has 2 atom stereocenters. The summed E-state index contributed by atoms with van der Waals surface area (Å²) in [6.07, 6.45) is 2.51. The second-order valence-corrected chi connectivity index (χ2v) is 22.1. The van der Waals surface area contributed by atoms with Gasteiger partial charge in [-0.1, -0.05) is 61.5 Å². The minimum atomic E-state index is -1.05. The van der Waals surface area contributed by atoms with E-state index < -0.39 is 47.7 Å². The van der Waals surface area contributed by atoms with E-state index in [4.69, 9.17) is 5.73 Å². The molecular weight excluding hydrogens is 1200 g/mol. The number of anilines is 1. The van der Waals surface area contributed by atoms with Crippen LogP contribution in [0.2, 0.25) is 0 Å². The second-order valence-electron chi connectivity index (χ2n) is 22.1. The van der Waals surface area contributed by atoms with Gasteiger partial charge in [-0.2, -0.15) is 4.99 Å². The van der Waals surface area contributed by atoms with Crippen LogP contribution < -0.4 is 53.6 Å². The van der Waals surface area contributed by atoms with E-state index in [1.54, 1.807) is 58.0 Å². The second kappa shape index (κ2) is 40.9. The largest absolute Gasteiger partial charge is 0.508 e. The Morgan fingerprint density at radius 1 is 0.484 bits per heavy atom. The highest BCUT2D eigenvalue weighted by Gasteiger charge is 2.29. The predicted octanol–water partition coefficient (Wildman–Crippen LogP) is 0.579. The number of rotatable bonds is 35. The zero-order chi connectivity index (χ0) is 67.3. The van der Waals surface area contributed by atoms with Gasteiger partial charge in [-0.15, -0.1) is 0 Å². The maximum absolute atomic E-state index is 14.4. The van der Waals surface area contributed by atoms with Gasteiger partial charge in [0.25, 0.3) is 11.8 Å². The van der Waals surface area contributed by atoms with E-state index in [1.165, 1.54) is 12.1 Å². The molecule has 0 unspecified atom stereocenters. The predicted molar refractivity (Wildman–Crippen MR) is 347 cm³/mol. The Morgan fingerprint density at radius 2 is 0.957 bits per heavy atom. The van der Waals surface area contributed by atoms with Crippen LogP contribution in [0.1, 0.15) is 88.8 Å². The lowest BCUT2D eigenvalue weighted by Crippen LogP contribution is -2.49. The third-order valence-corrected chi connectivity index (χ3v) is 14.9. The molecule has 4 aromatic carbocycles. The number of carboxylic acids is 3. The van der Waals surface area contributed by atoms with Crippen molar-refractivity contribution in [2.24, 2.45) is 10.7 Å². The number of hydrogen-bond acceptors (Lipinski definition) is 16. The Hall–Kier alpha value is -9.71. The first-order chi connectivity index (χ1) is 44.7. The number of aliphatic imine (C=N–C) groups is 1. The van der Waals surface area contributed by atoms with Crippen molar-refractivity contribution < 1.29 is 68.4 Å². The molecule has 0 aromatic heterocycles. The molecule has 5 rings (SSSR count). The number of benzene rings is 4. The molecule has 0 saturated carbocycles. The molecule has 504 valence electrons. The number of phenols is 1. The molecule has 1 heterocycles. The van der Waals surface area contributed by atoms with Crippen molar-refractivity contribution in [3.63, 3.8) is 0 Å². The van der Waals surface area contributed by atoms with Crippen molar-refractivity contribution in [1.29, 1.82) is 0 Å². The topological polar surface area (TPSA) is 411 Å². The van der Waals surface area contributed by atoms with Crippen molar-refractivity contribution >= 4 is 71.0 Å². The van der Waals surface area contributed by atoms with Crippen LogP contribution in [0.4, 0.5) is 10.5 Å². The lowest BCUT2D eigenvalue weighted by atomic mass is 9.90. The summed E-state index contributed by atoms with van der Waals surface area (Å²) in [5, 5.41) is 64.0. The van der Waals surface area contributed by atoms with Crippen molar-refractivity contribution in [2.45, 2.75) is 64.0 Å². The first-order valence-corrected chi connectivity index (χ1v) is 31.1. The number of carboxylic acid groups (broad SMARTS) is 3. The molecule has 1 aliphatic heterocycles. The van der Waals surface area contributed by atoms with Crippen LogP contribution in [0.3, 0.4) is 0 Å². The van der Waals surface area contributed by atoms with Gasteiger partial charge in [0.05, 0.1) is 32.1 Å². The van der Waals surface area contributed by atoms with Crippen LogP contribution in [0.25, 0.3) is 0 Å². The third-order valence-electron chi connectivity index (χ3n) is 14.9. The number of nitrogens with one attached hydrogen (secondary N) is 9. The number of guanidine groups is 1. The average molecular weight is 1290 g/mol. The fourth-order valence-electron chi connectivity index (χ4n) is 9.82. The summed E-state index contributed by atoms with van der Waals surface area (Å²) >= 11 is 0. The first-order valence-electron chi connectivity index (χ1n) is 31.1. The highest BCUT2D eigenvalue weighted by molar-refractivity contribution is 5.98. The normalized spacial score (nSPS) is 14.3. The summed E-state index contributed by atoms with van der Waals surface area (Å²) < 4.78 is 0. The number of hydrogen-bond donors (Lipinski definition) is 14. The highest BCUT2D eigenvalue weighted by atomic mass is 16.4. The smallest absolute Gasteiger partial charge is 0.344 e. The minimum Gasteiger partial charge on any atom is -0.508 e. The summed E-state index contributed by atoms with van der Waals surface area (Å²) in [5.74, 6) is -5.94. The van der Waals surface area contributed by atoms with Crippen LogP contribution in [-0.2, 0) is 40.1 Å². The van der Waals surface area contributed by atoms with E-state index in [1.807, 2.05) is 59.5 Å². The summed E-state index contributed by atoms with van der Waals surface area (Å²) in [6.45, 7) is 5.41. The molecule has 15 N–H and O–H groups in total. The molecular formula is C64H89N15O14. The summed E-state index contributed by atoms with van der Waals surface area (Å²) in [6, 6.07) is 27.4. The zero-order valence-corrected chi connectivity index (χ0v) is 52.5. The van der Waals surface area contributed by atoms with Gasteiger partial charge in [0.15, 0.2) is 5.96 Å². The van der Waals surface area contributed by atoms with Gasteiger partial charge in [0.2, 0.25) is 23.6 Å². The number of phenolic OH excluding ortho intramolecular Hbond substituents is 1. The van der Waals surface area contributed by atoms with Gasteiger partial charge >= 0.3 is 23.9 Å².